The summed E-state index contributed by atoms with van der Waals surface area (Å²) in [5, 5.41) is 3.59. The number of hydroxylamine groups is 2. The highest BCUT2D eigenvalue weighted by Gasteiger charge is 2.39. The van der Waals surface area contributed by atoms with Gasteiger partial charge in [-0.2, -0.15) is 13.5 Å². The maximum atomic E-state index is 13.8. The zero-order valence-electron chi connectivity index (χ0n) is 23.2. The minimum absolute atomic E-state index is 0.132. The van der Waals surface area contributed by atoms with E-state index in [-0.39, 0.29) is 31.0 Å². The molecule has 0 radical (unpaired) electrons. The van der Waals surface area contributed by atoms with Gasteiger partial charge in [-0.05, 0) is 36.1 Å². The Morgan fingerprint density at radius 2 is 1.51 bits per heavy atom. The molecule has 1 aliphatic rings. The summed E-state index contributed by atoms with van der Waals surface area (Å²) < 4.78 is 35.0. The molecule has 1 saturated carbocycles. The van der Waals surface area contributed by atoms with E-state index in [1.165, 1.54) is 7.11 Å². The fourth-order valence-electron chi connectivity index (χ4n) is 5.21. The molecule has 1 fully saturated rings. The van der Waals surface area contributed by atoms with E-state index in [0.717, 1.165) is 42.7 Å². The molecule has 218 valence electrons. The second-order valence-corrected chi connectivity index (χ2v) is 11.7. The predicted molar refractivity (Wildman–Crippen MR) is 155 cm³/mol. The van der Waals surface area contributed by atoms with E-state index < -0.39 is 27.5 Å². The molecule has 0 spiro atoms. The first-order chi connectivity index (χ1) is 19.8. The SMILES string of the molecule is COc1ccccc1C(=O)N(CC1(c2ccccc2)CCCCC1)OC(=O)NCCOS(=O)(=O)Cc1ccccc1. The molecular weight excluding hydrogens is 544 g/mol. The van der Waals surface area contributed by atoms with Crippen molar-refractivity contribution in [3.63, 3.8) is 0 Å². The summed E-state index contributed by atoms with van der Waals surface area (Å²) in [6, 6.07) is 25.4. The van der Waals surface area contributed by atoms with Crippen molar-refractivity contribution in [2.75, 3.05) is 26.8 Å². The van der Waals surface area contributed by atoms with Crippen LogP contribution in [0.3, 0.4) is 0 Å². The zero-order chi connectivity index (χ0) is 29.1. The number of benzene rings is 3. The van der Waals surface area contributed by atoms with E-state index in [0.29, 0.717) is 11.3 Å². The minimum atomic E-state index is -3.84. The molecular formula is C31H36N2O7S. The Morgan fingerprint density at radius 3 is 2.20 bits per heavy atom. The average Bonchev–Trinajstić information content (AvgIpc) is 3.00. The van der Waals surface area contributed by atoms with Crippen LogP contribution in [0.1, 0.15) is 53.6 Å². The lowest BCUT2D eigenvalue weighted by atomic mass is 9.69. The van der Waals surface area contributed by atoms with Crippen molar-refractivity contribution in [3.05, 3.63) is 102 Å². The number of rotatable bonds is 11. The largest absolute Gasteiger partial charge is 0.496 e. The summed E-state index contributed by atoms with van der Waals surface area (Å²) in [6.07, 6.45) is 3.87. The Morgan fingerprint density at radius 1 is 0.878 bits per heavy atom. The summed E-state index contributed by atoms with van der Waals surface area (Å²) in [7, 11) is -2.37. The van der Waals surface area contributed by atoms with Gasteiger partial charge in [-0.25, -0.2) is 4.79 Å². The van der Waals surface area contributed by atoms with E-state index >= 15 is 0 Å². The fourth-order valence-corrected chi connectivity index (χ4v) is 6.23. The van der Waals surface area contributed by atoms with E-state index in [1.807, 2.05) is 30.3 Å². The van der Waals surface area contributed by atoms with Gasteiger partial charge >= 0.3 is 6.09 Å². The molecule has 2 amide bonds. The van der Waals surface area contributed by atoms with E-state index in [1.54, 1.807) is 54.6 Å². The van der Waals surface area contributed by atoms with Crippen LogP contribution >= 0.6 is 0 Å². The number of ether oxygens (including phenoxy) is 1. The van der Waals surface area contributed by atoms with Gasteiger partial charge in [0, 0.05) is 12.0 Å². The number of hydrogen-bond acceptors (Lipinski definition) is 7. The molecule has 41 heavy (non-hydrogen) atoms. The van der Waals surface area contributed by atoms with Gasteiger partial charge in [0.25, 0.3) is 16.0 Å². The number of carbonyl (C=O) groups is 2. The van der Waals surface area contributed by atoms with Crippen LogP contribution in [0.5, 0.6) is 5.75 Å². The van der Waals surface area contributed by atoms with Crippen LogP contribution in [-0.4, -0.2) is 52.3 Å². The molecule has 3 aromatic rings. The molecule has 1 N–H and O–H groups in total. The number of carbonyl (C=O) groups excluding carboxylic acids is 2. The highest BCUT2D eigenvalue weighted by Crippen LogP contribution is 2.40. The lowest BCUT2D eigenvalue weighted by Gasteiger charge is -2.40. The van der Waals surface area contributed by atoms with Crippen LogP contribution in [0.15, 0.2) is 84.9 Å². The van der Waals surface area contributed by atoms with Crippen LogP contribution in [0.2, 0.25) is 0 Å². The zero-order valence-corrected chi connectivity index (χ0v) is 24.0. The molecule has 1 aliphatic carbocycles. The molecule has 4 rings (SSSR count). The molecule has 0 heterocycles. The van der Waals surface area contributed by atoms with Crippen molar-refractivity contribution in [2.24, 2.45) is 0 Å². The Balaban J connectivity index is 1.46. The normalized spacial score (nSPS) is 14.6. The Hall–Kier alpha value is -3.89. The van der Waals surface area contributed by atoms with E-state index in [9.17, 15) is 18.0 Å². The first-order valence-electron chi connectivity index (χ1n) is 13.7. The molecule has 3 aromatic carbocycles. The summed E-state index contributed by atoms with van der Waals surface area (Å²) in [6.45, 7) is -0.255. The molecule has 0 bridgehead atoms. The lowest BCUT2D eigenvalue weighted by molar-refractivity contribution is -0.0847. The summed E-state index contributed by atoms with van der Waals surface area (Å²) in [5.74, 6) is -0.428. The molecule has 0 aromatic heterocycles. The average molecular weight is 581 g/mol. The van der Waals surface area contributed by atoms with Crippen molar-refractivity contribution in [1.29, 1.82) is 0 Å². The third kappa shape index (κ3) is 8.31. The fraction of sp³-hybridized carbons (Fsp3) is 0.355. The third-order valence-corrected chi connectivity index (χ3v) is 8.43. The molecule has 10 heteroatoms. The quantitative estimate of drug-likeness (QED) is 0.188. The summed E-state index contributed by atoms with van der Waals surface area (Å²) >= 11 is 0. The Labute approximate surface area is 241 Å². The molecule has 0 saturated heterocycles. The highest BCUT2D eigenvalue weighted by atomic mass is 32.2. The predicted octanol–water partition coefficient (Wildman–Crippen LogP) is 5.23. The van der Waals surface area contributed by atoms with Crippen molar-refractivity contribution in [2.45, 2.75) is 43.3 Å². The van der Waals surface area contributed by atoms with Gasteiger partial charge < -0.3 is 14.9 Å². The van der Waals surface area contributed by atoms with Crippen LogP contribution in [0.4, 0.5) is 4.79 Å². The van der Waals surface area contributed by atoms with Gasteiger partial charge in [0.1, 0.15) is 11.5 Å². The smallest absolute Gasteiger partial charge is 0.431 e. The van der Waals surface area contributed by atoms with Gasteiger partial charge in [-0.3, -0.25) is 8.98 Å². The van der Waals surface area contributed by atoms with E-state index in [4.69, 9.17) is 13.8 Å². The van der Waals surface area contributed by atoms with Crippen LogP contribution in [0.25, 0.3) is 0 Å². The van der Waals surface area contributed by atoms with Crippen molar-refractivity contribution >= 4 is 22.1 Å². The Bertz CT molecular complexity index is 1390. The highest BCUT2D eigenvalue weighted by molar-refractivity contribution is 7.85. The first-order valence-corrected chi connectivity index (χ1v) is 15.3. The maximum Gasteiger partial charge on any atom is 0.431 e. The van der Waals surface area contributed by atoms with Gasteiger partial charge in [0.05, 0.1) is 25.8 Å². The minimum Gasteiger partial charge on any atom is -0.496 e. The lowest BCUT2D eigenvalue weighted by Crippen LogP contribution is -2.47. The van der Waals surface area contributed by atoms with Crippen molar-refractivity contribution in [3.8, 4) is 5.75 Å². The standard InChI is InChI=1S/C31H36N2O7S/c1-38-28-18-10-9-17-27(28)29(34)33(24-31(19-11-4-12-20-31)26-15-7-3-8-16-26)40-30(35)32-21-22-39-41(36,37)23-25-13-5-2-6-14-25/h2-3,5-10,13-18H,4,11-12,19-24H2,1H3,(H,32,35). The number of para-hydroxylation sites is 1. The second-order valence-electron chi connectivity index (χ2n) is 10.1. The summed E-state index contributed by atoms with van der Waals surface area (Å²) in [4.78, 5) is 32.3. The number of methoxy groups -OCH3 is 1. The number of nitrogens with zero attached hydrogens (tertiary/aromatic N) is 1. The first kappa shape index (κ1) is 30.1. The van der Waals surface area contributed by atoms with Crippen molar-refractivity contribution < 1.29 is 31.8 Å². The third-order valence-electron chi connectivity index (χ3n) is 7.22. The molecule has 0 aliphatic heterocycles. The molecule has 9 nitrogen and oxygen atoms in total. The Kier molecular flexibility index (Phi) is 10.4. The van der Waals surface area contributed by atoms with Gasteiger partial charge in [0.2, 0.25) is 0 Å². The number of amides is 2. The van der Waals surface area contributed by atoms with Crippen LogP contribution in [-0.2, 0) is 30.3 Å². The second kappa shape index (κ2) is 14.1. The van der Waals surface area contributed by atoms with Gasteiger partial charge in [-0.1, -0.05) is 92.1 Å². The number of nitrogens with one attached hydrogen (secondary N) is 1. The molecule has 0 atom stereocenters. The van der Waals surface area contributed by atoms with Crippen LogP contribution in [0, 0.1) is 0 Å². The number of hydrogen-bond donors (Lipinski definition) is 1. The molecule has 0 unspecified atom stereocenters. The monoisotopic (exact) mass is 580 g/mol. The summed E-state index contributed by atoms with van der Waals surface area (Å²) in [5.41, 5.74) is 1.54. The van der Waals surface area contributed by atoms with Crippen molar-refractivity contribution in [1.82, 2.24) is 10.4 Å². The maximum absolute atomic E-state index is 13.8. The topological polar surface area (TPSA) is 111 Å². The van der Waals surface area contributed by atoms with Crippen LogP contribution < -0.4 is 10.1 Å². The van der Waals surface area contributed by atoms with Gasteiger partial charge in [0.15, 0.2) is 0 Å². The van der Waals surface area contributed by atoms with Gasteiger partial charge in [-0.15, -0.1) is 0 Å². The van der Waals surface area contributed by atoms with E-state index in [2.05, 4.69) is 5.32 Å².